The number of ether oxygens (including phenoxy) is 1. The molecule has 1 N–H and O–H groups in total. The van der Waals surface area contributed by atoms with Crippen molar-refractivity contribution in [3.8, 4) is 17.1 Å². The minimum atomic E-state index is -0.788. The van der Waals surface area contributed by atoms with Gasteiger partial charge in [-0.25, -0.2) is 9.97 Å². The zero-order valence-electron chi connectivity index (χ0n) is 14.2. The number of carboxylic acids is 1. The first-order valence-electron chi connectivity index (χ1n) is 8.37. The lowest BCUT2D eigenvalue weighted by molar-refractivity contribution is -0.137. The lowest BCUT2D eigenvalue weighted by Gasteiger charge is -2.10. The van der Waals surface area contributed by atoms with Crippen molar-refractivity contribution in [2.24, 2.45) is 0 Å². The number of hydrogen-bond donors (Lipinski definition) is 1. The van der Waals surface area contributed by atoms with E-state index in [-0.39, 0.29) is 12.3 Å². The number of nitrogens with zero attached hydrogens (tertiary/aromatic N) is 2. The van der Waals surface area contributed by atoms with Crippen LogP contribution in [0.3, 0.4) is 0 Å². The Kier molecular flexibility index (Phi) is 6.73. The molecule has 5 heteroatoms. The summed E-state index contributed by atoms with van der Waals surface area (Å²) < 4.78 is 5.61. The number of rotatable bonds is 9. The molecule has 24 heavy (non-hydrogen) atoms. The number of carbonyl (C=O) groups is 1. The Morgan fingerprint density at radius 3 is 2.42 bits per heavy atom. The van der Waals surface area contributed by atoms with Crippen molar-refractivity contribution in [3.63, 3.8) is 0 Å². The zero-order chi connectivity index (χ0) is 17.4. The molecule has 2 rings (SSSR count). The van der Waals surface area contributed by atoms with E-state index in [2.05, 4.69) is 16.9 Å². The van der Waals surface area contributed by atoms with Crippen LogP contribution in [-0.4, -0.2) is 27.7 Å². The SMILES string of the molecule is CCCCCOc1cnc(-c2ccc(C(C)CC(=O)O)cc2)nc1. The molecule has 0 fully saturated rings. The second-order valence-electron chi connectivity index (χ2n) is 5.92. The maximum Gasteiger partial charge on any atom is 0.303 e. The fourth-order valence-corrected chi connectivity index (χ4v) is 2.42. The van der Waals surface area contributed by atoms with Crippen LogP contribution in [0.4, 0.5) is 0 Å². The van der Waals surface area contributed by atoms with Gasteiger partial charge in [0.15, 0.2) is 11.6 Å². The zero-order valence-corrected chi connectivity index (χ0v) is 14.2. The third-order valence-electron chi connectivity index (χ3n) is 3.86. The van der Waals surface area contributed by atoms with Gasteiger partial charge in [0.05, 0.1) is 25.4 Å². The highest BCUT2D eigenvalue weighted by atomic mass is 16.5. The molecule has 1 unspecified atom stereocenters. The van der Waals surface area contributed by atoms with Crippen LogP contribution in [0.15, 0.2) is 36.7 Å². The molecule has 0 aliphatic carbocycles. The number of unbranched alkanes of at least 4 members (excludes halogenated alkanes) is 2. The topological polar surface area (TPSA) is 72.3 Å². The van der Waals surface area contributed by atoms with Crippen molar-refractivity contribution in [3.05, 3.63) is 42.2 Å². The molecule has 0 saturated carbocycles. The molecule has 1 heterocycles. The van der Waals surface area contributed by atoms with Gasteiger partial charge in [-0.15, -0.1) is 0 Å². The van der Waals surface area contributed by atoms with Crippen LogP contribution in [-0.2, 0) is 4.79 Å². The molecule has 1 atom stereocenters. The molecule has 1 aromatic heterocycles. The van der Waals surface area contributed by atoms with Gasteiger partial charge in [0.25, 0.3) is 0 Å². The number of benzene rings is 1. The highest BCUT2D eigenvalue weighted by molar-refractivity contribution is 5.68. The fourth-order valence-electron chi connectivity index (χ4n) is 2.42. The Hall–Kier alpha value is -2.43. The molecule has 0 saturated heterocycles. The Balaban J connectivity index is 1.97. The van der Waals surface area contributed by atoms with Gasteiger partial charge in [0.2, 0.25) is 0 Å². The van der Waals surface area contributed by atoms with Crippen molar-refractivity contribution in [1.82, 2.24) is 9.97 Å². The van der Waals surface area contributed by atoms with Gasteiger partial charge in [-0.3, -0.25) is 4.79 Å². The van der Waals surface area contributed by atoms with E-state index in [0.717, 1.165) is 24.0 Å². The summed E-state index contributed by atoms with van der Waals surface area (Å²) in [6.45, 7) is 4.75. The summed E-state index contributed by atoms with van der Waals surface area (Å²) in [7, 11) is 0. The Labute approximate surface area is 142 Å². The van der Waals surface area contributed by atoms with Crippen LogP contribution >= 0.6 is 0 Å². The van der Waals surface area contributed by atoms with E-state index < -0.39 is 5.97 Å². The standard InChI is InChI=1S/C19H24N2O3/c1-3-4-5-10-24-17-12-20-19(21-13-17)16-8-6-15(7-9-16)14(2)11-18(22)23/h6-9,12-14H,3-5,10-11H2,1-2H3,(H,22,23). The van der Waals surface area contributed by atoms with E-state index in [4.69, 9.17) is 9.84 Å². The number of aromatic nitrogens is 2. The molecule has 128 valence electrons. The number of aliphatic carboxylic acids is 1. The summed E-state index contributed by atoms with van der Waals surface area (Å²) in [4.78, 5) is 19.5. The van der Waals surface area contributed by atoms with Gasteiger partial charge in [-0.2, -0.15) is 0 Å². The first-order valence-corrected chi connectivity index (χ1v) is 8.37. The van der Waals surface area contributed by atoms with E-state index in [0.29, 0.717) is 18.2 Å². The van der Waals surface area contributed by atoms with Crippen LogP contribution in [0.5, 0.6) is 5.75 Å². The summed E-state index contributed by atoms with van der Waals surface area (Å²) in [5, 5.41) is 8.86. The first-order chi connectivity index (χ1) is 11.6. The van der Waals surface area contributed by atoms with Gasteiger partial charge in [-0.05, 0) is 17.9 Å². The van der Waals surface area contributed by atoms with Crippen LogP contribution in [0.2, 0.25) is 0 Å². The highest BCUT2D eigenvalue weighted by Gasteiger charge is 2.10. The maximum absolute atomic E-state index is 10.8. The van der Waals surface area contributed by atoms with Crippen LogP contribution in [0.1, 0.15) is 51.0 Å². The molecule has 0 spiro atoms. The predicted molar refractivity (Wildman–Crippen MR) is 93.2 cm³/mol. The smallest absolute Gasteiger partial charge is 0.303 e. The second-order valence-corrected chi connectivity index (χ2v) is 5.92. The second kappa shape index (κ2) is 9.01. The van der Waals surface area contributed by atoms with E-state index in [9.17, 15) is 4.79 Å². The molecule has 0 bridgehead atoms. The Bertz CT molecular complexity index is 639. The molecular weight excluding hydrogens is 304 g/mol. The molecule has 0 aliphatic heterocycles. The van der Waals surface area contributed by atoms with Crippen molar-refractivity contribution >= 4 is 5.97 Å². The molecule has 0 amide bonds. The predicted octanol–water partition coefficient (Wildman–Crippen LogP) is 4.29. The summed E-state index contributed by atoms with van der Waals surface area (Å²) in [6, 6.07) is 7.71. The van der Waals surface area contributed by atoms with Gasteiger partial charge in [0, 0.05) is 5.56 Å². The van der Waals surface area contributed by atoms with Crippen molar-refractivity contribution in [2.75, 3.05) is 6.61 Å². The van der Waals surface area contributed by atoms with Crippen molar-refractivity contribution in [2.45, 2.75) is 45.4 Å². The fraction of sp³-hybridized carbons (Fsp3) is 0.421. The average Bonchev–Trinajstić information content (AvgIpc) is 2.59. The van der Waals surface area contributed by atoms with E-state index in [1.807, 2.05) is 31.2 Å². The molecule has 0 aliphatic rings. The highest BCUT2D eigenvalue weighted by Crippen LogP contribution is 2.23. The molecule has 5 nitrogen and oxygen atoms in total. The van der Waals surface area contributed by atoms with E-state index in [1.165, 1.54) is 6.42 Å². The quantitative estimate of drug-likeness (QED) is 0.695. The minimum Gasteiger partial charge on any atom is -0.490 e. The third kappa shape index (κ3) is 5.33. The molecular formula is C19H24N2O3. The van der Waals surface area contributed by atoms with Crippen LogP contribution in [0, 0.1) is 0 Å². The van der Waals surface area contributed by atoms with Gasteiger partial charge in [0.1, 0.15) is 0 Å². The minimum absolute atomic E-state index is 0.0173. The number of carboxylic acid groups (broad SMARTS) is 1. The summed E-state index contributed by atoms with van der Waals surface area (Å²) >= 11 is 0. The van der Waals surface area contributed by atoms with E-state index >= 15 is 0 Å². The van der Waals surface area contributed by atoms with Gasteiger partial charge >= 0.3 is 5.97 Å². The van der Waals surface area contributed by atoms with Crippen molar-refractivity contribution in [1.29, 1.82) is 0 Å². The number of hydrogen-bond acceptors (Lipinski definition) is 4. The molecule has 2 aromatic rings. The Morgan fingerprint density at radius 2 is 1.83 bits per heavy atom. The monoisotopic (exact) mass is 328 g/mol. The molecule has 0 radical (unpaired) electrons. The third-order valence-corrected chi connectivity index (χ3v) is 3.86. The van der Waals surface area contributed by atoms with Crippen LogP contribution in [0.25, 0.3) is 11.4 Å². The van der Waals surface area contributed by atoms with Gasteiger partial charge in [-0.1, -0.05) is 51.0 Å². The van der Waals surface area contributed by atoms with Gasteiger partial charge < -0.3 is 9.84 Å². The Morgan fingerprint density at radius 1 is 1.17 bits per heavy atom. The summed E-state index contributed by atoms with van der Waals surface area (Å²) in [5.41, 5.74) is 1.90. The normalized spacial score (nSPS) is 11.9. The largest absolute Gasteiger partial charge is 0.490 e. The lowest BCUT2D eigenvalue weighted by atomic mass is 9.97. The maximum atomic E-state index is 10.8. The molecule has 1 aromatic carbocycles. The van der Waals surface area contributed by atoms with Crippen molar-refractivity contribution < 1.29 is 14.6 Å². The van der Waals surface area contributed by atoms with E-state index in [1.54, 1.807) is 12.4 Å². The van der Waals surface area contributed by atoms with Crippen LogP contribution < -0.4 is 4.74 Å². The lowest BCUT2D eigenvalue weighted by Crippen LogP contribution is -2.02. The summed E-state index contributed by atoms with van der Waals surface area (Å²) in [5.74, 6) is 0.510. The summed E-state index contributed by atoms with van der Waals surface area (Å²) in [6.07, 6.45) is 6.87. The average molecular weight is 328 g/mol. The first kappa shape index (κ1) is 17.9.